The highest BCUT2D eigenvalue weighted by Gasteiger charge is 2.49. The maximum Gasteiger partial charge on any atom is 0.409 e. The molecule has 4 rings (SSSR count). The van der Waals surface area contributed by atoms with Gasteiger partial charge in [0.05, 0.1) is 6.54 Å². The minimum atomic E-state index is -1.19. The second-order valence-electron chi connectivity index (χ2n) is 7.63. The molecule has 2 aromatic rings. The van der Waals surface area contributed by atoms with Crippen LogP contribution in [0.1, 0.15) is 23.6 Å². The molecular formula is C22H21F2N3O4. The lowest BCUT2D eigenvalue weighted by Gasteiger charge is -2.51. The first kappa shape index (κ1) is 20.8. The Hall–Kier alpha value is -3.49. The Bertz CT molecular complexity index is 1030. The summed E-state index contributed by atoms with van der Waals surface area (Å²) >= 11 is 0. The molecule has 162 valence electrons. The Labute approximate surface area is 177 Å². The van der Waals surface area contributed by atoms with Crippen molar-refractivity contribution in [1.29, 1.82) is 0 Å². The molecule has 2 fully saturated rings. The predicted molar refractivity (Wildman–Crippen MR) is 106 cm³/mol. The number of hydrogen-bond donors (Lipinski definition) is 1. The summed E-state index contributed by atoms with van der Waals surface area (Å²) in [6.45, 7) is 0.231. The number of hydrogen-bond acceptors (Lipinski definition) is 3. The van der Waals surface area contributed by atoms with Crippen molar-refractivity contribution < 1.29 is 28.3 Å². The van der Waals surface area contributed by atoms with Crippen LogP contribution in [0.15, 0.2) is 48.5 Å². The zero-order valence-electron chi connectivity index (χ0n) is 16.6. The summed E-state index contributed by atoms with van der Waals surface area (Å²) in [5, 5.41) is 9.64. The number of amides is 3. The molecule has 2 aliphatic heterocycles. The van der Waals surface area contributed by atoms with Gasteiger partial charge in [0.1, 0.15) is 23.8 Å². The van der Waals surface area contributed by atoms with Crippen LogP contribution in [0, 0.1) is 11.6 Å². The molecule has 1 N–H and O–H groups in total. The van der Waals surface area contributed by atoms with Crippen molar-refractivity contribution in [3.8, 4) is 0 Å². The van der Waals surface area contributed by atoms with Crippen LogP contribution >= 0.6 is 0 Å². The van der Waals surface area contributed by atoms with Gasteiger partial charge >= 0.3 is 6.09 Å². The fourth-order valence-electron chi connectivity index (χ4n) is 4.25. The summed E-state index contributed by atoms with van der Waals surface area (Å²) in [5.41, 5.74) is 0.971. The molecule has 31 heavy (non-hydrogen) atoms. The Morgan fingerprint density at radius 1 is 1.06 bits per heavy atom. The van der Waals surface area contributed by atoms with Gasteiger partial charge in [0.2, 0.25) is 11.8 Å². The van der Waals surface area contributed by atoms with E-state index in [1.54, 1.807) is 18.2 Å². The topological polar surface area (TPSA) is 81.2 Å². The van der Waals surface area contributed by atoms with Crippen LogP contribution in [0.4, 0.5) is 13.6 Å². The van der Waals surface area contributed by atoms with Gasteiger partial charge in [0.15, 0.2) is 0 Å². The highest BCUT2D eigenvalue weighted by molar-refractivity contribution is 5.91. The van der Waals surface area contributed by atoms with Gasteiger partial charge in [-0.25, -0.2) is 13.6 Å². The molecule has 2 atom stereocenters. The molecule has 0 radical (unpaired) electrons. The van der Waals surface area contributed by atoms with Crippen LogP contribution in [0.3, 0.4) is 0 Å². The quantitative estimate of drug-likeness (QED) is 0.810. The first-order chi connectivity index (χ1) is 14.8. The van der Waals surface area contributed by atoms with Crippen molar-refractivity contribution in [2.45, 2.75) is 25.0 Å². The van der Waals surface area contributed by atoms with E-state index < -0.39 is 30.0 Å². The maximum absolute atomic E-state index is 13.9. The van der Waals surface area contributed by atoms with Gasteiger partial charge in [-0.2, -0.15) is 0 Å². The monoisotopic (exact) mass is 429 g/mol. The number of carbonyl (C=O) groups is 3. The third-order valence-electron chi connectivity index (χ3n) is 5.71. The lowest BCUT2D eigenvalue weighted by molar-refractivity contribution is -0.168. The van der Waals surface area contributed by atoms with Gasteiger partial charge in [-0.1, -0.05) is 24.3 Å². The predicted octanol–water partition coefficient (Wildman–Crippen LogP) is 2.63. The molecule has 0 bridgehead atoms. The number of carbonyl (C=O) groups excluding carboxylic acids is 2. The minimum absolute atomic E-state index is 0.00198. The van der Waals surface area contributed by atoms with E-state index in [0.717, 1.165) is 4.90 Å². The summed E-state index contributed by atoms with van der Waals surface area (Å²) in [6.07, 6.45) is -1.77. The molecule has 2 aromatic carbocycles. The van der Waals surface area contributed by atoms with E-state index in [2.05, 4.69) is 0 Å². The van der Waals surface area contributed by atoms with Gasteiger partial charge in [-0.15, -0.1) is 0 Å². The molecule has 2 aliphatic rings. The summed E-state index contributed by atoms with van der Waals surface area (Å²) < 4.78 is 27.4. The van der Waals surface area contributed by atoms with Crippen LogP contribution in [0.25, 0.3) is 0 Å². The van der Waals surface area contributed by atoms with E-state index in [0.29, 0.717) is 12.0 Å². The van der Waals surface area contributed by atoms with Gasteiger partial charge in [0, 0.05) is 19.5 Å². The zero-order chi connectivity index (χ0) is 22.1. The number of carboxylic acid groups (broad SMARTS) is 1. The van der Waals surface area contributed by atoms with Crippen molar-refractivity contribution >= 4 is 17.9 Å². The summed E-state index contributed by atoms with van der Waals surface area (Å²) in [6, 6.07) is 10.3. The largest absolute Gasteiger partial charge is 0.465 e. The molecule has 0 aromatic heterocycles. The fourth-order valence-corrected chi connectivity index (χ4v) is 4.25. The van der Waals surface area contributed by atoms with Gasteiger partial charge in [-0.05, 0) is 41.8 Å². The first-order valence-electron chi connectivity index (χ1n) is 9.94. The molecule has 0 saturated carbocycles. The normalized spacial score (nSPS) is 21.3. The lowest BCUT2D eigenvalue weighted by atomic mass is 9.97. The Balaban J connectivity index is 1.68. The van der Waals surface area contributed by atoms with Gasteiger partial charge in [0.25, 0.3) is 0 Å². The molecule has 0 unspecified atom stereocenters. The highest BCUT2D eigenvalue weighted by atomic mass is 19.1. The zero-order valence-corrected chi connectivity index (χ0v) is 16.6. The second-order valence-corrected chi connectivity index (χ2v) is 7.63. The van der Waals surface area contributed by atoms with Crippen LogP contribution in [0.5, 0.6) is 0 Å². The molecule has 3 amide bonds. The first-order valence-corrected chi connectivity index (χ1v) is 9.94. The summed E-state index contributed by atoms with van der Waals surface area (Å²) in [4.78, 5) is 41.8. The van der Waals surface area contributed by atoms with E-state index in [1.807, 2.05) is 0 Å². The fraction of sp³-hybridized carbons (Fsp3) is 0.318. The van der Waals surface area contributed by atoms with Gasteiger partial charge in [-0.3, -0.25) is 14.5 Å². The van der Waals surface area contributed by atoms with Crippen LogP contribution < -0.4 is 0 Å². The van der Waals surface area contributed by atoms with Crippen molar-refractivity contribution in [2.75, 3.05) is 19.6 Å². The smallest absolute Gasteiger partial charge is 0.409 e. The van der Waals surface area contributed by atoms with E-state index >= 15 is 0 Å². The number of rotatable bonds is 4. The lowest BCUT2D eigenvalue weighted by Crippen LogP contribution is -2.68. The minimum Gasteiger partial charge on any atom is -0.465 e. The number of benzene rings is 2. The standard InChI is InChI=1S/C22H21F2N3O4/c23-16-5-1-3-14(11-16)7-9-25-13-18-26(22(30)31)10-8-19(28)27(18)20(21(25)29)15-4-2-6-17(24)12-15/h1-6,11-12,18,20H,7-10,13H2,(H,30,31)/t18-,20+/m1/s1. The van der Waals surface area contributed by atoms with Crippen molar-refractivity contribution in [1.82, 2.24) is 14.7 Å². The highest BCUT2D eigenvalue weighted by Crippen LogP contribution is 2.34. The summed E-state index contributed by atoms with van der Waals surface area (Å²) in [7, 11) is 0. The molecule has 2 saturated heterocycles. The molecular weight excluding hydrogens is 408 g/mol. The van der Waals surface area contributed by atoms with Gasteiger partial charge < -0.3 is 14.9 Å². The van der Waals surface area contributed by atoms with Crippen LogP contribution in [-0.4, -0.2) is 63.5 Å². The van der Waals surface area contributed by atoms with Crippen LogP contribution in [-0.2, 0) is 16.0 Å². The van der Waals surface area contributed by atoms with Crippen molar-refractivity contribution in [3.05, 3.63) is 71.3 Å². The van der Waals surface area contributed by atoms with E-state index in [4.69, 9.17) is 0 Å². The van der Waals surface area contributed by atoms with Crippen molar-refractivity contribution in [3.63, 3.8) is 0 Å². The third-order valence-corrected chi connectivity index (χ3v) is 5.71. The SMILES string of the molecule is O=C1[C@H](c2cccc(F)c2)N2C(=O)CCN(C(=O)O)[C@H]2CN1CCc1cccc(F)c1. The van der Waals surface area contributed by atoms with Crippen LogP contribution in [0.2, 0.25) is 0 Å². The maximum atomic E-state index is 13.9. The molecule has 0 spiro atoms. The molecule has 9 heteroatoms. The number of piperazine rings is 1. The third kappa shape index (κ3) is 4.08. The average molecular weight is 429 g/mol. The van der Waals surface area contributed by atoms with E-state index in [1.165, 1.54) is 40.1 Å². The number of nitrogens with zero attached hydrogens (tertiary/aromatic N) is 3. The Morgan fingerprint density at radius 3 is 2.45 bits per heavy atom. The Kier molecular flexibility index (Phi) is 5.58. The summed E-state index contributed by atoms with van der Waals surface area (Å²) in [5.74, 6) is -1.71. The average Bonchev–Trinajstić information content (AvgIpc) is 2.72. The molecule has 7 nitrogen and oxygen atoms in total. The molecule has 2 heterocycles. The van der Waals surface area contributed by atoms with E-state index in [9.17, 15) is 28.3 Å². The second kappa shape index (κ2) is 8.33. The van der Waals surface area contributed by atoms with E-state index in [-0.39, 0.29) is 43.3 Å². The van der Waals surface area contributed by atoms with Crippen molar-refractivity contribution in [2.24, 2.45) is 0 Å². The number of halogens is 2. The number of fused-ring (bicyclic) bond motifs is 1. The molecule has 0 aliphatic carbocycles. The Morgan fingerprint density at radius 2 is 1.77 bits per heavy atom.